The van der Waals surface area contributed by atoms with Gasteiger partial charge >= 0.3 is 0 Å². The second-order valence-electron chi connectivity index (χ2n) is 6.37. The molecule has 0 spiro atoms. The number of carbonyl (C=O) groups is 1. The molecule has 1 rings (SSSR count). The fourth-order valence-corrected chi connectivity index (χ4v) is 2.12. The maximum absolute atomic E-state index is 11.9. The zero-order chi connectivity index (χ0) is 12.2. The first-order chi connectivity index (χ1) is 7.39. The van der Waals surface area contributed by atoms with E-state index in [9.17, 15) is 4.79 Å². The van der Waals surface area contributed by atoms with Gasteiger partial charge in [-0.3, -0.25) is 4.79 Å². The van der Waals surface area contributed by atoms with E-state index in [1.54, 1.807) is 0 Å². The molecule has 1 atom stereocenters. The first-order valence-corrected chi connectivity index (χ1v) is 6.69. The summed E-state index contributed by atoms with van der Waals surface area (Å²) in [7, 11) is 0. The van der Waals surface area contributed by atoms with Crippen LogP contribution < -0.4 is 5.32 Å². The van der Waals surface area contributed by atoms with Gasteiger partial charge in [-0.1, -0.05) is 47.0 Å². The van der Waals surface area contributed by atoms with Gasteiger partial charge in [0.25, 0.3) is 0 Å². The van der Waals surface area contributed by atoms with E-state index in [1.807, 2.05) is 0 Å². The molecule has 2 heteroatoms. The molecular formula is C14H27NO. The van der Waals surface area contributed by atoms with Crippen LogP contribution in [0.2, 0.25) is 0 Å². The van der Waals surface area contributed by atoms with E-state index in [0.29, 0.717) is 18.4 Å². The molecule has 1 aliphatic carbocycles. The Morgan fingerprint density at radius 1 is 1.25 bits per heavy atom. The fourth-order valence-electron chi connectivity index (χ4n) is 2.12. The third-order valence-electron chi connectivity index (χ3n) is 3.94. The summed E-state index contributed by atoms with van der Waals surface area (Å²) in [4.78, 5) is 11.9. The van der Waals surface area contributed by atoms with Gasteiger partial charge in [0.1, 0.15) is 0 Å². The van der Waals surface area contributed by atoms with Crippen LogP contribution in [-0.4, -0.2) is 11.9 Å². The van der Waals surface area contributed by atoms with Crippen molar-refractivity contribution < 1.29 is 4.79 Å². The number of nitrogens with one attached hydrogen (secondary N) is 1. The monoisotopic (exact) mass is 225 g/mol. The Hall–Kier alpha value is -0.530. The molecule has 1 saturated carbocycles. The number of rotatable bonds is 3. The quantitative estimate of drug-likeness (QED) is 0.782. The van der Waals surface area contributed by atoms with Crippen molar-refractivity contribution in [2.45, 2.75) is 72.3 Å². The van der Waals surface area contributed by atoms with Crippen molar-refractivity contribution in [3.63, 3.8) is 0 Å². The minimum absolute atomic E-state index is 0.226. The molecule has 16 heavy (non-hydrogen) atoms. The summed E-state index contributed by atoms with van der Waals surface area (Å²) in [6, 6.07) is 0.452. The molecule has 1 amide bonds. The van der Waals surface area contributed by atoms with Gasteiger partial charge in [-0.15, -0.1) is 0 Å². The first kappa shape index (κ1) is 13.5. The van der Waals surface area contributed by atoms with Gasteiger partial charge in [0, 0.05) is 12.5 Å². The van der Waals surface area contributed by atoms with Crippen LogP contribution in [0.25, 0.3) is 0 Å². The molecule has 0 aliphatic heterocycles. The molecule has 0 bridgehead atoms. The lowest BCUT2D eigenvalue weighted by molar-refractivity contribution is -0.123. The van der Waals surface area contributed by atoms with Gasteiger partial charge in [0.15, 0.2) is 0 Å². The number of hydrogen-bond acceptors (Lipinski definition) is 1. The molecule has 0 saturated heterocycles. The van der Waals surface area contributed by atoms with E-state index in [4.69, 9.17) is 0 Å². The molecule has 0 aromatic rings. The highest BCUT2D eigenvalue weighted by Gasteiger charge is 2.24. The Labute approximate surface area is 100 Å². The van der Waals surface area contributed by atoms with Gasteiger partial charge in [-0.05, 0) is 24.2 Å². The van der Waals surface area contributed by atoms with Gasteiger partial charge in [0.05, 0.1) is 0 Å². The molecule has 0 aromatic carbocycles. The van der Waals surface area contributed by atoms with Crippen LogP contribution in [-0.2, 0) is 4.79 Å². The zero-order valence-electron chi connectivity index (χ0n) is 11.3. The predicted octanol–water partition coefficient (Wildman–Crippen LogP) is 3.51. The molecule has 0 aromatic heterocycles. The van der Waals surface area contributed by atoms with E-state index >= 15 is 0 Å². The second-order valence-corrected chi connectivity index (χ2v) is 6.37. The van der Waals surface area contributed by atoms with Crippen LogP contribution in [0.5, 0.6) is 0 Å². The SMILES string of the molecule is CC(CC(=O)NC1CCCCC1)C(C)(C)C. The summed E-state index contributed by atoms with van der Waals surface area (Å²) < 4.78 is 0. The topological polar surface area (TPSA) is 29.1 Å². The van der Waals surface area contributed by atoms with Crippen molar-refractivity contribution in [1.82, 2.24) is 5.32 Å². The molecule has 1 N–H and O–H groups in total. The summed E-state index contributed by atoms with van der Waals surface area (Å²) >= 11 is 0. The van der Waals surface area contributed by atoms with Crippen molar-refractivity contribution in [3.05, 3.63) is 0 Å². The van der Waals surface area contributed by atoms with Crippen LogP contribution in [0.1, 0.15) is 66.2 Å². The largest absolute Gasteiger partial charge is 0.353 e. The first-order valence-electron chi connectivity index (χ1n) is 6.69. The lowest BCUT2D eigenvalue weighted by Crippen LogP contribution is -2.38. The van der Waals surface area contributed by atoms with Crippen molar-refractivity contribution in [3.8, 4) is 0 Å². The Kier molecular flexibility index (Phi) is 4.82. The second kappa shape index (κ2) is 5.70. The average Bonchev–Trinajstić information content (AvgIpc) is 2.17. The minimum atomic E-state index is 0.226. The molecule has 1 aliphatic rings. The number of amides is 1. The van der Waals surface area contributed by atoms with Crippen LogP contribution >= 0.6 is 0 Å². The summed E-state index contributed by atoms with van der Waals surface area (Å²) in [5, 5.41) is 3.18. The highest BCUT2D eigenvalue weighted by Crippen LogP contribution is 2.28. The van der Waals surface area contributed by atoms with E-state index in [2.05, 4.69) is 33.0 Å². The summed E-state index contributed by atoms with van der Waals surface area (Å²) in [5.74, 6) is 0.686. The van der Waals surface area contributed by atoms with Crippen LogP contribution in [0.15, 0.2) is 0 Å². The Balaban J connectivity index is 2.29. The highest BCUT2D eigenvalue weighted by molar-refractivity contribution is 5.76. The highest BCUT2D eigenvalue weighted by atomic mass is 16.1. The smallest absolute Gasteiger partial charge is 0.220 e. The zero-order valence-corrected chi connectivity index (χ0v) is 11.3. The molecule has 1 unspecified atom stereocenters. The van der Waals surface area contributed by atoms with Gasteiger partial charge in [-0.2, -0.15) is 0 Å². The van der Waals surface area contributed by atoms with Crippen molar-refractivity contribution in [1.29, 1.82) is 0 Å². The predicted molar refractivity (Wildman–Crippen MR) is 68.3 cm³/mol. The van der Waals surface area contributed by atoms with Crippen LogP contribution in [0, 0.1) is 11.3 Å². The van der Waals surface area contributed by atoms with E-state index < -0.39 is 0 Å². The van der Waals surface area contributed by atoms with Crippen molar-refractivity contribution >= 4 is 5.91 Å². The molecule has 94 valence electrons. The Bertz CT molecular complexity index is 223. The van der Waals surface area contributed by atoms with Crippen LogP contribution in [0.4, 0.5) is 0 Å². The van der Waals surface area contributed by atoms with Crippen molar-refractivity contribution in [2.75, 3.05) is 0 Å². The number of carbonyl (C=O) groups excluding carboxylic acids is 1. The number of hydrogen-bond donors (Lipinski definition) is 1. The van der Waals surface area contributed by atoms with Gasteiger partial charge in [0.2, 0.25) is 5.91 Å². The normalized spacial score (nSPS) is 20.5. The maximum Gasteiger partial charge on any atom is 0.220 e. The standard InChI is InChI=1S/C14H27NO/c1-11(14(2,3)4)10-13(16)15-12-8-6-5-7-9-12/h11-12H,5-10H2,1-4H3,(H,15,16). The maximum atomic E-state index is 11.9. The van der Waals surface area contributed by atoms with E-state index in [1.165, 1.54) is 32.1 Å². The molecular weight excluding hydrogens is 198 g/mol. The molecule has 0 radical (unpaired) electrons. The van der Waals surface area contributed by atoms with Gasteiger partial charge < -0.3 is 5.32 Å². The Morgan fingerprint density at radius 2 is 1.81 bits per heavy atom. The third kappa shape index (κ3) is 4.54. The van der Waals surface area contributed by atoms with Crippen LogP contribution in [0.3, 0.4) is 0 Å². The lowest BCUT2D eigenvalue weighted by atomic mass is 9.80. The van der Waals surface area contributed by atoms with E-state index in [0.717, 1.165) is 0 Å². The molecule has 1 fully saturated rings. The summed E-state index contributed by atoms with van der Waals surface area (Å²) in [6.07, 6.45) is 6.91. The van der Waals surface area contributed by atoms with E-state index in [-0.39, 0.29) is 11.3 Å². The van der Waals surface area contributed by atoms with Crippen molar-refractivity contribution in [2.24, 2.45) is 11.3 Å². The summed E-state index contributed by atoms with van der Waals surface area (Å²) in [6.45, 7) is 8.77. The summed E-state index contributed by atoms with van der Waals surface area (Å²) in [5.41, 5.74) is 0.226. The minimum Gasteiger partial charge on any atom is -0.353 e. The molecule has 0 heterocycles. The molecule has 2 nitrogen and oxygen atoms in total. The third-order valence-corrected chi connectivity index (χ3v) is 3.94. The average molecular weight is 225 g/mol. The van der Waals surface area contributed by atoms with Gasteiger partial charge in [-0.25, -0.2) is 0 Å². The fraction of sp³-hybridized carbons (Fsp3) is 0.929. The Morgan fingerprint density at radius 3 is 2.31 bits per heavy atom. The lowest BCUT2D eigenvalue weighted by Gasteiger charge is -2.28.